The van der Waals surface area contributed by atoms with Gasteiger partial charge in [-0.05, 0) is 40.9 Å². The van der Waals surface area contributed by atoms with Crippen molar-refractivity contribution in [1.82, 2.24) is 0 Å². The van der Waals surface area contributed by atoms with Gasteiger partial charge in [0.25, 0.3) is 0 Å². The number of aromatic carboxylic acids is 1. The predicted octanol–water partition coefficient (Wildman–Crippen LogP) is 3.14. The second kappa shape index (κ2) is 9.70. The monoisotopic (exact) mass is 363 g/mol. The fourth-order valence-corrected chi connectivity index (χ4v) is 2.16. The number of methoxy groups -OCH3 is 1. The van der Waals surface area contributed by atoms with Gasteiger partial charge in [-0.1, -0.05) is 0 Å². The van der Waals surface area contributed by atoms with E-state index in [0.29, 0.717) is 26.4 Å². The van der Waals surface area contributed by atoms with Gasteiger partial charge in [0.15, 0.2) is 5.82 Å². The summed E-state index contributed by atoms with van der Waals surface area (Å²) >= 11 is 2.96. The topological polar surface area (TPSA) is 67.8 Å². The first-order chi connectivity index (χ1) is 10.1. The summed E-state index contributed by atoms with van der Waals surface area (Å²) in [5.74, 6) is -1.76. The number of carboxylic acids is 1. The summed E-state index contributed by atoms with van der Waals surface area (Å²) in [5, 5.41) is 11.8. The third-order valence-electron chi connectivity index (χ3n) is 2.78. The lowest BCUT2D eigenvalue weighted by atomic mass is 10.2. The smallest absolute Gasteiger partial charge is 0.336 e. The minimum absolute atomic E-state index is 0.0390. The van der Waals surface area contributed by atoms with Crippen LogP contribution in [0.5, 0.6) is 0 Å². The van der Waals surface area contributed by atoms with Crippen LogP contribution in [0.15, 0.2) is 16.6 Å². The number of nitrogens with one attached hydrogen (secondary N) is 1. The minimum atomic E-state index is -1.17. The molecule has 0 bridgehead atoms. The van der Waals surface area contributed by atoms with E-state index in [9.17, 15) is 9.18 Å². The Labute approximate surface area is 131 Å². The molecule has 0 spiro atoms. The highest BCUT2D eigenvalue weighted by molar-refractivity contribution is 9.10. The first-order valence-electron chi connectivity index (χ1n) is 6.59. The third-order valence-corrected chi connectivity index (χ3v) is 3.55. The van der Waals surface area contributed by atoms with Crippen LogP contribution in [-0.4, -0.2) is 44.6 Å². The average molecular weight is 364 g/mol. The standard InChI is InChI=1S/C14H19BrFNO4/c1-20-8-9-21-7-3-2-6-17-11-5-4-10(14(18)19)12(15)13(11)16/h4-5,17H,2-3,6-9H2,1H3,(H,18,19). The molecule has 0 atom stereocenters. The fourth-order valence-electron chi connectivity index (χ4n) is 1.65. The van der Waals surface area contributed by atoms with E-state index in [1.807, 2.05) is 0 Å². The Morgan fingerprint density at radius 1 is 1.33 bits per heavy atom. The number of hydrogen-bond donors (Lipinski definition) is 2. The molecule has 0 aliphatic carbocycles. The molecule has 1 rings (SSSR count). The molecule has 0 saturated carbocycles. The van der Waals surface area contributed by atoms with Gasteiger partial charge in [0.05, 0.1) is 28.9 Å². The van der Waals surface area contributed by atoms with E-state index in [2.05, 4.69) is 21.2 Å². The Hall–Kier alpha value is -1.18. The lowest BCUT2D eigenvalue weighted by molar-refractivity contribution is 0.0690. The highest BCUT2D eigenvalue weighted by Crippen LogP contribution is 2.27. The summed E-state index contributed by atoms with van der Waals surface area (Å²) in [6.45, 7) is 2.37. The Morgan fingerprint density at radius 3 is 2.76 bits per heavy atom. The van der Waals surface area contributed by atoms with Gasteiger partial charge in [-0.3, -0.25) is 0 Å². The van der Waals surface area contributed by atoms with Gasteiger partial charge in [0, 0.05) is 20.3 Å². The zero-order chi connectivity index (χ0) is 15.7. The van der Waals surface area contributed by atoms with Crippen LogP contribution in [0.2, 0.25) is 0 Å². The molecule has 1 aromatic carbocycles. The fraction of sp³-hybridized carbons (Fsp3) is 0.500. The van der Waals surface area contributed by atoms with Crippen LogP contribution in [0, 0.1) is 5.82 Å². The Bertz CT molecular complexity index is 471. The van der Waals surface area contributed by atoms with Gasteiger partial charge in [-0.2, -0.15) is 0 Å². The normalized spacial score (nSPS) is 10.6. The van der Waals surface area contributed by atoms with Crippen molar-refractivity contribution >= 4 is 27.6 Å². The van der Waals surface area contributed by atoms with Crippen LogP contribution in [-0.2, 0) is 9.47 Å². The average Bonchev–Trinajstić information content (AvgIpc) is 2.45. The highest BCUT2D eigenvalue weighted by Gasteiger charge is 2.15. The number of rotatable bonds is 10. The Kier molecular flexibility index (Phi) is 8.26. The lowest BCUT2D eigenvalue weighted by Gasteiger charge is -2.10. The van der Waals surface area contributed by atoms with Crippen molar-refractivity contribution in [1.29, 1.82) is 0 Å². The van der Waals surface area contributed by atoms with Crippen molar-refractivity contribution in [2.45, 2.75) is 12.8 Å². The number of hydrogen-bond acceptors (Lipinski definition) is 4. The number of unbranched alkanes of at least 4 members (excludes halogenated alkanes) is 1. The summed E-state index contributed by atoms with van der Waals surface area (Å²) in [4.78, 5) is 10.9. The summed E-state index contributed by atoms with van der Waals surface area (Å²) in [6, 6.07) is 2.80. The zero-order valence-corrected chi connectivity index (χ0v) is 13.4. The molecule has 0 aliphatic heterocycles. The van der Waals surface area contributed by atoms with Crippen LogP contribution in [0.1, 0.15) is 23.2 Å². The molecule has 0 heterocycles. The van der Waals surface area contributed by atoms with Gasteiger partial charge in [0.2, 0.25) is 0 Å². The summed E-state index contributed by atoms with van der Waals surface area (Å²) in [5.41, 5.74) is 0.191. The molecule has 0 amide bonds. The minimum Gasteiger partial charge on any atom is -0.478 e. The van der Waals surface area contributed by atoms with E-state index < -0.39 is 11.8 Å². The number of benzene rings is 1. The third kappa shape index (κ3) is 5.99. The second-order valence-electron chi connectivity index (χ2n) is 4.33. The van der Waals surface area contributed by atoms with Crippen molar-refractivity contribution < 1.29 is 23.8 Å². The molecule has 0 aliphatic rings. The first kappa shape index (κ1) is 17.9. The molecule has 1 aromatic rings. The highest BCUT2D eigenvalue weighted by atomic mass is 79.9. The van der Waals surface area contributed by atoms with Gasteiger partial charge in [0.1, 0.15) is 0 Å². The molecule has 21 heavy (non-hydrogen) atoms. The van der Waals surface area contributed by atoms with Crippen LogP contribution in [0.25, 0.3) is 0 Å². The number of ether oxygens (including phenoxy) is 2. The molecular formula is C14H19BrFNO4. The van der Waals surface area contributed by atoms with E-state index in [-0.39, 0.29) is 15.7 Å². The molecule has 118 valence electrons. The molecular weight excluding hydrogens is 345 g/mol. The maximum absolute atomic E-state index is 13.9. The summed E-state index contributed by atoms with van der Waals surface area (Å²) < 4.78 is 24.1. The summed E-state index contributed by atoms with van der Waals surface area (Å²) in [7, 11) is 1.62. The van der Waals surface area contributed by atoms with E-state index in [1.165, 1.54) is 12.1 Å². The SMILES string of the molecule is COCCOCCCCNc1ccc(C(=O)O)c(Br)c1F. The van der Waals surface area contributed by atoms with E-state index in [0.717, 1.165) is 12.8 Å². The van der Waals surface area contributed by atoms with Crippen molar-refractivity contribution in [2.75, 3.05) is 38.8 Å². The second-order valence-corrected chi connectivity index (χ2v) is 5.13. The van der Waals surface area contributed by atoms with Crippen molar-refractivity contribution in [2.24, 2.45) is 0 Å². The quantitative estimate of drug-likeness (QED) is 0.625. The van der Waals surface area contributed by atoms with Crippen molar-refractivity contribution in [3.63, 3.8) is 0 Å². The predicted molar refractivity (Wildman–Crippen MR) is 81.5 cm³/mol. The van der Waals surface area contributed by atoms with Crippen molar-refractivity contribution in [3.8, 4) is 0 Å². The molecule has 7 heteroatoms. The van der Waals surface area contributed by atoms with Gasteiger partial charge < -0.3 is 19.9 Å². The summed E-state index contributed by atoms with van der Waals surface area (Å²) in [6.07, 6.45) is 1.68. The largest absolute Gasteiger partial charge is 0.478 e. The number of anilines is 1. The zero-order valence-electron chi connectivity index (χ0n) is 11.8. The molecule has 0 radical (unpaired) electrons. The molecule has 0 unspecified atom stereocenters. The molecule has 0 aromatic heterocycles. The van der Waals surface area contributed by atoms with Crippen LogP contribution < -0.4 is 5.32 Å². The van der Waals surface area contributed by atoms with Gasteiger partial charge >= 0.3 is 5.97 Å². The Balaban J connectivity index is 2.33. The van der Waals surface area contributed by atoms with Gasteiger partial charge in [-0.25, -0.2) is 9.18 Å². The Morgan fingerprint density at radius 2 is 2.10 bits per heavy atom. The van der Waals surface area contributed by atoms with E-state index in [4.69, 9.17) is 14.6 Å². The van der Waals surface area contributed by atoms with Gasteiger partial charge in [-0.15, -0.1) is 0 Å². The maximum atomic E-state index is 13.9. The van der Waals surface area contributed by atoms with Crippen LogP contribution >= 0.6 is 15.9 Å². The molecule has 2 N–H and O–H groups in total. The molecule has 0 fully saturated rings. The van der Waals surface area contributed by atoms with Crippen LogP contribution in [0.4, 0.5) is 10.1 Å². The number of carbonyl (C=O) groups is 1. The lowest BCUT2D eigenvalue weighted by Crippen LogP contribution is -2.08. The van der Waals surface area contributed by atoms with E-state index >= 15 is 0 Å². The number of carboxylic acid groups (broad SMARTS) is 1. The molecule has 0 saturated heterocycles. The van der Waals surface area contributed by atoms with Crippen molar-refractivity contribution in [3.05, 3.63) is 28.0 Å². The van der Waals surface area contributed by atoms with Crippen LogP contribution in [0.3, 0.4) is 0 Å². The molecule has 5 nitrogen and oxygen atoms in total. The van der Waals surface area contributed by atoms with E-state index in [1.54, 1.807) is 7.11 Å². The maximum Gasteiger partial charge on any atom is 0.336 e. The number of halogens is 2. The first-order valence-corrected chi connectivity index (χ1v) is 7.39.